The normalized spacial score (nSPS) is 12.4. The van der Waals surface area contributed by atoms with Crippen LogP contribution in [-0.2, 0) is 24.5 Å². The summed E-state index contributed by atoms with van der Waals surface area (Å²) in [5.41, 5.74) is 5.25. The van der Waals surface area contributed by atoms with Crippen molar-refractivity contribution < 1.29 is 102 Å². The van der Waals surface area contributed by atoms with Crippen LogP contribution in [0.4, 0.5) is 0 Å². The Balaban J connectivity index is -0.000000332. The third-order valence-corrected chi connectivity index (χ3v) is 6.33. The average Bonchev–Trinajstić information content (AvgIpc) is 2.78. The Hall–Kier alpha value is 0.180. The minimum atomic E-state index is -4.94. The van der Waals surface area contributed by atoms with Gasteiger partial charge in [-0.15, -0.1) is 0 Å². The molecule has 0 aliphatic rings. The fourth-order valence-corrected chi connectivity index (χ4v) is 3.72. The van der Waals surface area contributed by atoms with Crippen molar-refractivity contribution in [3.05, 3.63) is 12.2 Å². The topological polar surface area (TPSA) is 198 Å². The summed E-state index contributed by atoms with van der Waals surface area (Å²) < 4.78 is 28.5. The first-order valence-electron chi connectivity index (χ1n) is 12.4. The number of carboxylic acids is 2. The number of aliphatic hydroxyl groups is 1. The average molecular weight is 568 g/mol. The van der Waals surface area contributed by atoms with E-state index in [9.17, 15) is 38.1 Å². The zero-order valence-electron chi connectivity index (χ0n) is 22.9. The van der Waals surface area contributed by atoms with Crippen molar-refractivity contribution in [3.63, 3.8) is 0 Å². The van der Waals surface area contributed by atoms with Gasteiger partial charge in [-0.25, -0.2) is 0 Å². The minimum Gasteiger partial charge on any atom is -0.550 e. The molecular weight excluding hydrogens is 524 g/mol. The van der Waals surface area contributed by atoms with Gasteiger partial charge in [0.15, 0.2) is 5.78 Å². The standard InChI is InChI=1S/C20H39NO2.C4H6O7S.2Na/c1-2-3-4-5-6-7-8-9-10-11-12-13-14-15-16-17-19(22)20(23)18-21;5-3(6)1-2(4(7)8)12(9,10)11;;/h9-10,20,23H,2-8,11-18,21H2,1H3;2H,1H2,(H,5,6)(H,7,8)(H,9,10,11);;/q;;2*+1/p-2/b10-9-;;;. The van der Waals surface area contributed by atoms with Gasteiger partial charge in [-0.05, 0) is 32.1 Å². The molecule has 0 fully saturated rings. The van der Waals surface area contributed by atoms with Gasteiger partial charge in [0.05, 0.1) is 5.97 Å². The maximum atomic E-state index is 11.4. The molecule has 0 saturated carbocycles. The van der Waals surface area contributed by atoms with E-state index >= 15 is 0 Å². The van der Waals surface area contributed by atoms with Gasteiger partial charge in [-0.3, -0.25) is 9.35 Å². The zero-order valence-corrected chi connectivity index (χ0v) is 27.7. The molecule has 0 rings (SSSR count). The number of ketones is 1. The Bertz CT molecular complexity index is 719. The van der Waals surface area contributed by atoms with Gasteiger partial charge in [0.1, 0.15) is 11.4 Å². The first-order valence-corrected chi connectivity index (χ1v) is 13.9. The van der Waals surface area contributed by atoms with Gasteiger partial charge in [0.2, 0.25) is 0 Å². The van der Waals surface area contributed by atoms with Crippen LogP contribution in [0.2, 0.25) is 0 Å². The number of carbonyl (C=O) groups is 3. The fourth-order valence-electron chi connectivity index (χ4n) is 3.13. The molecule has 0 heterocycles. The zero-order chi connectivity index (χ0) is 27.1. The van der Waals surface area contributed by atoms with E-state index in [0.717, 1.165) is 12.8 Å². The molecule has 0 aromatic carbocycles. The van der Waals surface area contributed by atoms with Crippen LogP contribution < -0.4 is 75.1 Å². The van der Waals surface area contributed by atoms with Crippen molar-refractivity contribution in [2.24, 2.45) is 5.73 Å². The number of carbonyl (C=O) groups excluding carboxylic acids is 3. The number of hydrogen-bond donors (Lipinski definition) is 3. The summed E-state index contributed by atoms with van der Waals surface area (Å²) in [6.45, 7) is 2.30. The van der Waals surface area contributed by atoms with Crippen LogP contribution in [0, 0.1) is 0 Å². The summed E-state index contributed by atoms with van der Waals surface area (Å²) in [7, 11) is -4.94. The Morgan fingerprint density at radius 1 is 0.838 bits per heavy atom. The number of rotatable bonds is 21. The first kappa shape index (κ1) is 44.2. The van der Waals surface area contributed by atoms with E-state index in [0.29, 0.717) is 6.42 Å². The van der Waals surface area contributed by atoms with Crippen LogP contribution in [0.15, 0.2) is 12.2 Å². The monoisotopic (exact) mass is 567 g/mol. The van der Waals surface area contributed by atoms with E-state index in [1.54, 1.807) is 0 Å². The van der Waals surface area contributed by atoms with Crippen LogP contribution in [0.25, 0.3) is 0 Å². The molecule has 2 unspecified atom stereocenters. The van der Waals surface area contributed by atoms with Gasteiger partial charge in [0.25, 0.3) is 10.1 Å². The van der Waals surface area contributed by atoms with Crippen molar-refractivity contribution >= 4 is 27.8 Å². The molecule has 0 saturated heterocycles. The molecule has 0 aromatic heterocycles. The fraction of sp³-hybridized carbons (Fsp3) is 0.792. The number of carboxylic acid groups (broad SMARTS) is 2. The summed E-state index contributed by atoms with van der Waals surface area (Å²) in [5.74, 6) is -4.19. The summed E-state index contributed by atoms with van der Waals surface area (Å²) in [6, 6.07) is 0. The molecule has 37 heavy (non-hydrogen) atoms. The molecule has 0 aromatic rings. The van der Waals surface area contributed by atoms with Crippen molar-refractivity contribution in [2.45, 2.75) is 115 Å². The first-order chi connectivity index (χ1) is 16.5. The summed E-state index contributed by atoms with van der Waals surface area (Å²) in [6.07, 6.45) is 19.1. The maximum Gasteiger partial charge on any atom is 1.00 e. The molecule has 0 amide bonds. The molecule has 10 nitrogen and oxygen atoms in total. The summed E-state index contributed by atoms with van der Waals surface area (Å²) in [4.78, 5) is 31.1. The second-order valence-electron chi connectivity index (χ2n) is 8.45. The van der Waals surface area contributed by atoms with E-state index in [1.807, 2.05) is 0 Å². The number of allylic oxidation sites excluding steroid dienone is 2. The number of hydrogen-bond acceptors (Lipinski definition) is 9. The van der Waals surface area contributed by atoms with E-state index in [-0.39, 0.29) is 71.4 Å². The van der Waals surface area contributed by atoms with Crippen molar-refractivity contribution in [2.75, 3.05) is 6.54 Å². The smallest absolute Gasteiger partial charge is 0.550 e. The van der Waals surface area contributed by atoms with E-state index in [1.165, 1.54) is 70.6 Å². The largest absolute Gasteiger partial charge is 1.00 e. The predicted octanol–water partition coefficient (Wildman–Crippen LogP) is -4.95. The van der Waals surface area contributed by atoms with E-state index in [4.69, 9.17) is 10.3 Å². The SMILES string of the molecule is CCCCCCCC/C=C\CCCCCCCC(=O)C(O)CN.O=C([O-])CC(C(=O)[O-])S(=O)(=O)O.[Na+].[Na+]. The molecule has 206 valence electrons. The van der Waals surface area contributed by atoms with Crippen molar-refractivity contribution in [3.8, 4) is 0 Å². The van der Waals surface area contributed by atoms with Gasteiger partial charge in [-0.1, -0.05) is 70.4 Å². The predicted molar refractivity (Wildman–Crippen MR) is 129 cm³/mol. The van der Waals surface area contributed by atoms with Crippen LogP contribution in [0.5, 0.6) is 0 Å². The van der Waals surface area contributed by atoms with Gasteiger partial charge >= 0.3 is 59.1 Å². The number of aliphatic carboxylic acids is 2. The number of unbranched alkanes of at least 4 members (excludes halogenated alkanes) is 11. The van der Waals surface area contributed by atoms with E-state index in [2.05, 4.69) is 19.1 Å². The Morgan fingerprint density at radius 3 is 1.62 bits per heavy atom. The maximum absolute atomic E-state index is 11.4. The van der Waals surface area contributed by atoms with E-state index < -0.39 is 39.8 Å². The minimum absolute atomic E-state index is 0. The van der Waals surface area contributed by atoms with Crippen LogP contribution in [0.1, 0.15) is 103 Å². The number of nitrogens with two attached hydrogens (primary N) is 1. The molecule has 4 N–H and O–H groups in total. The second kappa shape index (κ2) is 29.2. The van der Waals surface area contributed by atoms with Crippen LogP contribution in [-0.4, -0.2) is 53.7 Å². The third kappa shape index (κ3) is 30.6. The van der Waals surface area contributed by atoms with Crippen LogP contribution >= 0.6 is 0 Å². The van der Waals surface area contributed by atoms with Gasteiger partial charge < -0.3 is 30.6 Å². The number of aliphatic hydroxyl groups excluding tert-OH is 1. The molecule has 13 heteroatoms. The molecule has 2 atom stereocenters. The Labute approximate surface area is 266 Å². The Morgan fingerprint density at radius 2 is 1.27 bits per heavy atom. The summed E-state index contributed by atoms with van der Waals surface area (Å²) in [5, 5.41) is 26.5. The second-order valence-corrected chi connectivity index (χ2v) is 10.0. The van der Waals surface area contributed by atoms with Crippen molar-refractivity contribution in [1.29, 1.82) is 0 Å². The molecule has 0 aliphatic carbocycles. The molecule has 0 aliphatic heterocycles. The van der Waals surface area contributed by atoms with Crippen molar-refractivity contribution in [1.82, 2.24) is 0 Å². The summed E-state index contributed by atoms with van der Waals surface area (Å²) >= 11 is 0. The van der Waals surface area contributed by atoms with Crippen LogP contribution in [0.3, 0.4) is 0 Å². The third-order valence-electron chi connectivity index (χ3n) is 5.25. The quantitative estimate of drug-likeness (QED) is 0.0523. The molecule has 0 spiro atoms. The number of Topliss-reactive ketones (excluding diaryl/α,β-unsaturated/α-hetero) is 1. The molecular formula is C24H43NNa2O9S. The Kier molecular flexibility index (Phi) is 34.9. The van der Waals surface area contributed by atoms with Gasteiger partial charge in [0, 0.05) is 25.4 Å². The molecule has 0 bridgehead atoms. The molecule has 0 radical (unpaired) electrons. The van der Waals surface area contributed by atoms with Gasteiger partial charge in [-0.2, -0.15) is 8.42 Å².